The summed E-state index contributed by atoms with van der Waals surface area (Å²) in [7, 11) is 0. The van der Waals surface area contributed by atoms with Gasteiger partial charge in [0.15, 0.2) is 6.61 Å². The molecular formula is C21H21FN4O4. The van der Waals surface area contributed by atoms with Crippen LogP contribution in [-0.4, -0.2) is 48.5 Å². The van der Waals surface area contributed by atoms with Crippen LogP contribution in [0.25, 0.3) is 0 Å². The van der Waals surface area contributed by atoms with Crippen molar-refractivity contribution < 1.29 is 23.5 Å². The number of hydrazone groups is 1. The summed E-state index contributed by atoms with van der Waals surface area (Å²) in [5, 5.41) is 6.38. The molecule has 2 aromatic carbocycles. The lowest BCUT2D eigenvalue weighted by atomic mass is 10.2. The predicted octanol–water partition coefficient (Wildman–Crippen LogP) is 1.92. The van der Waals surface area contributed by atoms with E-state index in [1.165, 1.54) is 35.4 Å². The molecule has 0 spiro atoms. The number of likely N-dealkylation sites (tertiary alicyclic amines) is 1. The van der Waals surface area contributed by atoms with E-state index in [4.69, 9.17) is 4.74 Å². The zero-order valence-electron chi connectivity index (χ0n) is 16.1. The lowest BCUT2D eigenvalue weighted by Crippen LogP contribution is -2.39. The van der Waals surface area contributed by atoms with Gasteiger partial charge in [-0.1, -0.05) is 0 Å². The minimum atomic E-state index is -0.764. The highest BCUT2D eigenvalue weighted by Gasteiger charge is 2.23. The Morgan fingerprint density at radius 1 is 1.03 bits per heavy atom. The van der Waals surface area contributed by atoms with Crippen LogP contribution >= 0.6 is 0 Å². The minimum Gasteiger partial charge on any atom is -0.484 e. The Balaban J connectivity index is 1.42. The Morgan fingerprint density at radius 2 is 1.70 bits per heavy atom. The molecule has 0 bridgehead atoms. The molecule has 1 aliphatic rings. The van der Waals surface area contributed by atoms with Crippen LogP contribution in [0.1, 0.15) is 18.4 Å². The number of amides is 3. The zero-order valence-corrected chi connectivity index (χ0v) is 16.1. The summed E-state index contributed by atoms with van der Waals surface area (Å²) in [6.45, 7) is 0.984. The summed E-state index contributed by atoms with van der Waals surface area (Å²) < 4.78 is 18.3. The van der Waals surface area contributed by atoms with Crippen LogP contribution < -0.4 is 15.5 Å². The molecule has 3 rings (SSSR count). The average molecular weight is 412 g/mol. The number of nitrogens with zero attached hydrogens (tertiary/aromatic N) is 2. The van der Waals surface area contributed by atoms with Crippen LogP contribution in [0.4, 0.5) is 10.1 Å². The number of hydrogen-bond donors (Lipinski definition) is 2. The van der Waals surface area contributed by atoms with E-state index in [1.54, 1.807) is 24.3 Å². The van der Waals surface area contributed by atoms with Gasteiger partial charge in [-0.3, -0.25) is 14.4 Å². The monoisotopic (exact) mass is 412 g/mol. The lowest BCUT2D eigenvalue weighted by molar-refractivity contribution is -0.145. The van der Waals surface area contributed by atoms with E-state index in [2.05, 4.69) is 15.8 Å². The number of benzene rings is 2. The molecule has 0 atom stereocenters. The molecule has 0 aromatic heterocycles. The molecule has 1 saturated heterocycles. The standard InChI is InChI=1S/C21H21FN4O4/c22-16-5-7-17(8-6-16)24-19(27)14-30-18-9-3-15(4-10-18)13-23-25-20(28)21(29)26-11-1-2-12-26/h3-10,13H,1-2,11-12,14H2,(H,24,27)(H,25,28)/b23-13-. The third-order valence-electron chi connectivity index (χ3n) is 4.35. The molecule has 2 aromatic rings. The SMILES string of the molecule is O=C(COc1ccc(/C=N\NC(=O)C(=O)N2CCCC2)cc1)Nc1ccc(F)cc1. The first kappa shape index (κ1) is 21.0. The van der Waals surface area contributed by atoms with E-state index >= 15 is 0 Å². The molecule has 1 fully saturated rings. The fraction of sp³-hybridized carbons (Fsp3) is 0.238. The van der Waals surface area contributed by atoms with Gasteiger partial charge in [0.05, 0.1) is 6.21 Å². The van der Waals surface area contributed by atoms with Crippen molar-refractivity contribution >= 4 is 29.6 Å². The highest BCUT2D eigenvalue weighted by atomic mass is 19.1. The molecule has 156 valence electrons. The van der Waals surface area contributed by atoms with Crippen molar-refractivity contribution in [3.05, 3.63) is 59.9 Å². The van der Waals surface area contributed by atoms with Crippen molar-refractivity contribution in [1.82, 2.24) is 10.3 Å². The van der Waals surface area contributed by atoms with Crippen molar-refractivity contribution in [2.24, 2.45) is 5.10 Å². The second-order valence-corrected chi connectivity index (χ2v) is 6.61. The van der Waals surface area contributed by atoms with Crippen LogP contribution in [-0.2, 0) is 14.4 Å². The maximum Gasteiger partial charge on any atom is 0.329 e. The number of halogens is 1. The van der Waals surface area contributed by atoms with E-state index in [1.807, 2.05) is 0 Å². The van der Waals surface area contributed by atoms with Gasteiger partial charge < -0.3 is 15.0 Å². The fourth-order valence-electron chi connectivity index (χ4n) is 2.81. The maximum absolute atomic E-state index is 12.9. The second-order valence-electron chi connectivity index (χ2n) is 6.61. The lowest BCUT2D eigenvalue weighted by Gasteiger charge is -2.12. The summed E-state index contributed by atoms with van der Waals surface area (Å²) in [4.78, 5) is 37.0. The zero-order chi connectivity index (χ0) is 21.3. The number of hydrogen-bond acceptors (Lipinski definition) is 5. The van der Waals surface area contributed by atoms with Gasteiger partial charge in [-0.2, -0.15) is 5.10 Å². The maximum atomic E-state index is 12.9. The number of nitrogens with one attached hydrogen (secondary N) is 2. The number of carbonyl (C=O) groups excluding carboxylic acids is 3. The van der Waals surface area contributed by atoms with Crippen molar-refractivity contribution in [2.75, 3.05) is 25.0 Å². The van der Waals surface area contributed by atoms with Crippen LogP contribution in [0.15, 0.2) is 53.6 Å². The van der Waals surface area contributed by atoms with Crippen LogP contribution in [0.3, 0.4) is 0 Å². The number of carbonyl (C=O) groups is 3. The highest BCUT2D eigenvalue weighted by Crippen LogP contribution is 2.12. The molecule has 30 heavy (non-hydrogen) atoms. The van der Waals surface area contributed by atoms with Crippen LogP contribution in [0, 0.1) is 5.82 Å². The quantitative estimate of drug-likeness (QED) is 0.430. The summed E-state index contributed by atoms with van der Waals surface area (Å²) in [6, 6.07) is 12.1. The van der Waals surface area contributed by atoms with Crippen molar-refractivity contribution in [2.45, 2.75) is 12.8 Å². The van der Waals surface area contributed by atoms with Gasteiger partial charge in [0.25, 0.3) is 5.91 Å². The summed E-state index contributed by atoms with van der Waals surface area (Å²) in [6.07, 6.45) is 3.22. The van der Waals surface area contributed by atoms with Gasteiger partial charge >= 0.3 is 11.8 Å². The van der Waals surface area contributed by atoms with E-state index in [0.717, 1.165) is 12.8 Å². The van der Waals surface area contributed by atoms with Crippen LogP contribution in [0.5, 0.6) is 5.75 Å². The summed E-state index contributed by atoms with van der Waals surface area (Å²) in [5.41, 5.74) is 3.37. The van der Waals surface area contributed by atoms with E-state index in [0.29, 0.717) is 30.1 Å². The molecule has 0 aliphatic carbocycles. The van der Waals surface area contributed by atoms with Gasteiger partial charge in [0, 0.05) is 18.8 Å². The third kappa shape index (κ3) is 6.13. The van der Waals surface area contributed by atoms with Gasteiger partial charge in [0.1, 0.15) is 11.6 Å². The third-order valence-corrected chi connectivity index (χ3v) is 4.35. The Labute approximate surface area is 172 Å². The number of rotatable bonds is 6. The minimum absolute atomic E-state index is 0.209. The smallest absolute Gasteiger partial charge is 0.329 e. The first-order valence-corrected chi connectivity index (χ1v) is 9.42. The molecule has 2 N–H and O–H groups in total. The average Bonchev–Trinajstić information content (AvgIpc) is 3.29. The molecule has 0 saturated carbocycles. The topological polar surface area (TPSA) is 100 Å². The number of anilines is 1. The van der Waals surface area contributed by atoms with E-state index in [-0.39, 0.29) is 18.3 Å². The van der Waals surface area contributed by atoms with E-state index < -0.39 is 11.8 Å². The van der Waals surface area contributed by atoms with Crippen molar-refractivity contribution in [3.8, 4) is 5.75 Å². The van der Waals surface area contributed by atoms with Crippen LogP contribution in [0.2, 0.25) is 0 Å². The Kier molecular flexibility index (Phi) is 7.09. The normalized spacial score (nSPS) is 13.3. The fourth-order valence-corrected chi connectivity index (χ4v) is 2.81. The Bertz CT molecular complexity index is 923. The molecule has 0 unspecified atom stereocenters. The molecule has 3 amide bonds. The Hall–Kier alpha value is -3.75. The summed E-state index contributed by atoms with van der Waals surface area (Å²) in [5.74, 6) is -1.63. The molecule has 1 heterocycles. The largest absolute Gasteiger partial charge is 0.484 e. The second kappa shape index (κ2) is 10.1. The molecule has 1 aliphatic heterocycles. The molecule has 8 nitrogen and oxygen atoms in total. The van der Waals surface area contributed by atoms with Crippen molar-refractivity contribution in [3.63, 3.8) is 0 Å². The summed E-state index contributed by atoms with van der Waals surface area (Å²) >= 11 is 0. The van der Waals surface area contributed by atoms with Crippen molar-refractivity contribution in [1.29, 1.82) is 0 Å². The van der Waals surface area contributed by atoms with E-state index in [9.17, 15) is 18.8 Å². The first-order chi connectivity index (χ1) is 14.5. The molecular weight excluding hydrogens is 391 g/mol. The van der Waals surface area contributed by atoms with Gasteiger partial charge in [-0.25, -0.2) is 9.82 Å². The predicted molar refractivity (Wildman–Crippen MR) is 109 cm³/mol. The Morgan fingerprint density at radius 3 is 2.37 bits per heavy atom. The van der Waals surface area contributed by atoms with Gasteiger partial charge in [-0.05, 0) is 66.9 Å². The first-order valence-electron chi connectivity index (χ1n) is 9.42. The molecule has 9 heteroatoms. The van der Waals surface area contributed by atoms with Gasteiger partial charge in [0.2, 0.25) is 0 Å². The number of ether oxygens (including phenoxy) is 1. The van der Waals surface area contributed by atoms with Gasteiger partial charge in [-0.15, -0.1) is 0 Å². The highest BCUT2D eigenvalue weighted by molar-refractivity contribution is 6.35. The molecule has 0 radical (unpaired) electrons.